The number of ether oxygens (including phenoxy) is 1. The first-order valence-electron chi connectivity index (χ1n) is 7.38. The van der Waals surface area contributed by atoms with Gasteiger partial charge in [0.1, 0.15) is 0 Å². The largest absolute Gasteiger partial charge is 0.393 e. The molecule has 2 nitrogen and oxygen atoms in total. The van der Waals surface area contributed by atoms with E-state index in [1.54, 1.807) is 6.07 Å². The fraction of sp³-hybridized carbons (Fsp3) is 0.625. The van der Waals surface area contributed by atoms with Crippen molar-refractivity contribution in [3.63, 3.8) is 0 Å². The zero-order valence-electron chi connectivity index (χ0n) is 11.8. The molecule has 0 bridgehead atoms. The maximum atomic E-state index is 10.1. The summed E-state index contributed by atoms with van der Waals surface area (Å²) >= 11 is 12.0. The zero-order valence-corrected chi connectivity index (χ0v) is 13.3. The molecule has 0 spiro atoms. The third-order valence-electron chi connectivity index (χ3n) is 3.82. The number of hydrogen-bond donors (Lipinski definition) is 1. The molecule has 1 fully saturated rings. The second-order valence-electron chi connectivity index (χ2n) is 5.54. The van der Waals surface area contributed by atoms with Crippen LogP contribution < -0.4 is 0 Å². The monoisotopic (exact) mass is 316 g/mol. The Bertz CT molecular complexity index is 436. The molecule has 4 heteroatoms. The number of unbranched alkanes of at least 4 members (excludes halogenated alkanes) is 2. The van der Waals surface area contributed by atoms with Gasteiger partial charge in [-0.1, -0.05) is 55.5 Å². The molecular weight excluding hydrogens is 295 g/mol. The van der Waals surface area contributed by atoms with Crippen LogP contribution in [-0.4, -0.2) is 17.3 Å². The second kappa shape index (κ2) is 7.65. The van der Waals surface area contributed by atoms with Crippen molar-refractivity contribution in [1.82, 2.24) is 0 Å². The lowest BCUT2D eigenvalue weighted by atomic mass is 9.94. The Labute approximate surface area is 131 Å². The van der Waals surface area contributed by atoms with Gasteiger partial charge in [-0.25, -0.2) is 0 Å². The quantitative estimate of drug-likeness (QED) is 0.761. The summed E-state index contributed by atoms with van der Waals surface area (Å²) in [6.07, 6.45) is 5.72. The van der Waals surface area contributed by atoms with Crippen molar-refractivity contribution in [2.75, 3.05) is 0 Å². The number of aliphatic hydroxyl groups excluding tert-OH is 1. The molecule has 1 aliphatic rings. The Kier molecular flexibility index (Phi) is 6.16. The normalized spacial score (nSPS) is 26.7. The summed E-state index contributed by atoms with van der Waals surface area (Å²) in [5.41, 5.74) is 0.999. The van der Waals surface area contributed by atoms with E-state index in [0.29, 0.717) is 16.5 Å². The second-order valence-corrected chi connectivity index (χ2v) is 6.36. The van der Waals surface area contributed by atoms with Crippen molar-refractivity contribution in [2.45, 2.75) is 63.8 Å². The molecule has 1 saturated heterocycles. The van der Waals surface area contributed by atoms with Crippen molar-refractivity contribution in [3.8, 4) is 0 Å². The van der Waals surface area contributed by atoms with Crippen LogP contribution in [0.1, 0.15) is 57.1 Å². The molecule has 1 heterocycles. The molecule has 1 aliphatic heterocycles. The molecule has 0 aliphatic carbocycles. The predicted molar refractivity (Wildman–Crippen MR) is 83.5 cm³/mol. The highest BCUT2D eigenvalue weighted by molar-refractivity contribution is 6.42. The van der Waals surface area contributed by atoms with E-state index in [1.165, 1.54) is 12.8 Å². The van der Waals surface area contributed by atoms with Gasteiger partial charge in [0.05, 0.1) is 28.4 Å². The molecule has 1 aromatic carbocycles. The zero-order chi connectivity index (χ0) is 14.5. The van der Waals surface area contributed by atoms with E-state index in [1.807, 2.05) is 12.1 Å². The topological polar surface area (TPSA) is 29.5 Å². The lowest BCUT2D eigenvalue weighted by molar-refractivity contribution is -0.101. The van der Waals surface area contributed by atoms with Crippen LogP contribution in [-0.2, 0) is 4.74 Å². The average molecular weight is 317 g/mol. The highest BCUT2D eigenvalue weighted by atomic mass is 35.5. The van der Waals surface area contributed by atoms with Crippen LogP contribution in [0, 0.1) is 0 Å². The molecule has 0 aromatic heterocycles. The van der Waals surface area contributed by atoms with Crippen molar-refractivity contribution in [3.05, 3.63) is 33.8 Å². The molecule has 3 atom stereocenters. The van der Waals surface area contributed by atoms with Crippen LogP contribution in [0.4, 0.5) is 0 Å². The fourth-order valence-corrected chi connectivity index (χ4v) is 3.03. The van der Waals surface area contributed by atoms with Crippen LogP contribution in [0.3, 0.4) is 0 Å². The minimum Gasteiger partial charge on any atom is -0.393 e. The third kappa shape index (κ3) is 4.36. The lowest BCUT2D eigenvalue weighted by Gasteiger charge is -2.33. The SMILES string of the molecule is CCCCCC1CC(O)CC(c2ccc(Cl)c(Cl)c2)O1. The van der Waals surface area contributed by atoms with Crippen LogP contribution in [0.15, 0.2) is 18.2 Å². The Morgan fingerprint density at radius 2 is 2.00 bits per heavy atom. The summed E-state index contributed by atoms with van der Waals surface area (Å²) in [6.45, 7) is 2.19. The van der Waals surface area contributed by atoms with Gasteiger partial charge in [0, 0.05) is 6.42 Å². The minimum absolute atomic E-state index is 0.0832. The van der Waals surface area contributed by atoms with Crippen molar-refractivity contribution < 1.29 is 9.84 Å². The van der Waals surface area contributed by atoms with Crippen LogP contribution >= 0.6 is 23.2 Å². The Hall–Kier alpha value is -0.280. The van der Waals surface area contributed by atoms with Gasteiger partial charge in [-0.2, -0.15) is 0 Å². The number of hydrogen-bond acceptors (Lipinski definition) is 2. The first-order valence-corrected chi connectivity index (χ1v) is 8.14. The van der Waals surface area contributed by atoms with Crippen LogP contribution in [0.25, 0.3) is 0 Å². The van der Waals surface area contributed by atoms with Gasteiger partial charge < -0.3 is 9.84 Å². The number of aliphatic hydroxyl groups is 1. The van der Waals surface area contributed by atoms with E-state index in [0.717, 1.165) is 24.8 Å². The molecule has 3 unspecified atom stereocenters. The first kappa shape index (κ1) is 16.1. The van der Waals surface area contributed by atoms with Gasteiger partial charge in [-0.3, -0.25) is 0 Å². The Morgan fingerprint density at radius 1 is 1.20 bits per heavy atom. The van der Waals surface area contributed by atoms with Gasteiger partial charge >= 0.3 is 0 Å². The smallest absolute Gasteiger partial charge is 0.0853 e. The van der Waals surface area contributed by atoms with Crippen molar-refractivity contribution >= 4 is 23.2 Å². The summed E-state index contributed by atoms with van der Waals surface area (Å²) in [5.74, 6) is 0. The lowest BCUT2D eigenvalue weighted by Crippen LogP contribution is -2.31. The molecule has 2 rings (SSSR count). The van der Waals surface area contributed by atoms with Gasteiger partial charge in [0.25, 0.3) is 0 Å². The Morgan fingerprint density at radius 3 is 2.70 bits per heavy atom. The molecular formula is C16H22Cl2O2. The van der Waals surface area contributed by atoms with E-state index < -0.39 is 0 Å². The molecule has 112 valence electrons. The highest BCUT2D eigenvalue weighted by Gasteiger charge is 2.29. The highest BCUT2D eigenvalue weighted by Crippen LogP contribution is 2.35. The Balaban J connectivity index is 2.01. The van der Waals surface area contributed by atoms with Crippen molar-refractivity contribution in [1.29, 1.82) is 0 Å². The third-order valence-corrected chi connectivity index (χ3v) is 4.56. The summed E-state index contributed by atoms with van der Waals surface area (Å²) in [7, 11) is 0. The van der Waals surface area contributed by atoms with Crippen molar-refractivity contribution in [2.24, 2.45) is 0 Å². The molecule has 1 N–H and O–H groups in total. The maximum Gasteiger partial charge on any atom is 0.0853 e. The molecule has 0 radical (unpaired) electrons. The minimum atomic E-state index is -0.296. The summed E-state index contributed by atoms with van der Waals surface area (Å²) in [4.78, 5) is 0. The summed E-state index contributed by atoms with van der Waals surface area (Å²) in [5, 5.41) is 11.1. The predicted octanol–water partition coefficient (Wildman–Crippen LogP) is 5.15. The molecule has 1 aromatic rings. The van der Waals surface area contributed by atoms with E-state index in [9.17, 15) is 5.11 Å². The van der Waals surface area contributed by atoms with Gasteiger partial charge in [-0.15, -0.1) is 0 Å². The standard InChI is InChI=1S/C16H22Cl2O2/c1-2-3-4-5-13-9-12(19)10-16(20-13)11-6-7-14(17)15(18)8-11/h6-8,12-13,16,19H,2-5,9-10H2,1H3. The van der Waals surface area contributed by atoms with Crippen LogP contribution in [0.5, 0.6) is 0 Å². The molecule has 0 saturated carbocycles. The molecule has 0 amide bonds. The van der Waals surface area contributed by atoms with E-state index in [-0.39, 0.29) is 18.3 Å². The van der Waals surface area contributed by atoms with Gasteiger partial charge in [0.2, 0.25) is 0 Å². The first-order chi connectivity index (χ1) is 9.60. The maximum absolute atomic E-state index is 10.1. The van der Waals surface area contributed by atoms with E-state index in [4.69, 9.17) is 27.9 Å². The number of benzene rings is 1. The number of rotatable bonds is 5. The summed E-state index contributed by atoms with van der Waals surface area (Å²) in [6, 6.07) is 5.56. The van der Waals surface area contributed by atoms with E-state index in [2.05, 4.69) is 6.92 Å². The molecule has 20 heavy (non-hydrogen) atoms. The fourth-order valence-electron chi connectivity index (χ4n) is 2.73. The van der Waals surface area contributed by atoms with Gasteiger partial charge in [0.15, 0.2) is 0 Å². The van der Waals surface area contributed by atoms with Gasteiger partial charge in [-0.05, 0) is 30.5 Å². The summed E-state index contributed by atoms with van der Waals surface area (Å²) < 4.78 is 6.12. The average Bonchev–Trinajstić information content (AvgIpc) is 2.41. The number of halogens is 2. The van der Waals surface area contributed by atoms with E-state index >= 15 is 0 Å². The van der Waals surface area contributed by atoms with Crippen LogP contribution in [0.2, 0.25) is 10.0 Å².